The standard InChI is InChI=1S/C17H23N3O5S2/c1-24-14-7-12-13(8-15(14)25-2)19-17(26)20(16(12)21)9-10-3-5-11(6-4-10)27(18,22)23/h3-6,12-15H,7-9H2,1-2H3,(H,19,26)(H2,18,22,23). The van der Waals surface area contributed by atoms with Gasteiger partial charge in [0.25, 0.3) is 0 Å². The van der Waals surface area contributed by atoms with E-state index in [-0.39, 0.29) is 41.5 Å². The highest BCUT2D eigenvalue weighted by Gasteiger charge is 2.46. The Labute approximate surface area is 164 Å². The van der Waals surface area contributed by atoms with E-state index in [0.29, 0.717) is 18.0 Å². The number of carbonyl (C=O) groups excluding carboxylic acids is 1. The first-order valence-electron chi connectivity index (χ1n) is 8.53. The smallest absolute Gasteiger partial charge is 0.238 e. The van der Waals surface area contributed by atoms with Crippen LogP contribution >= 0.6 is 12.2 Å². The fourth-order valence-electron chi connectivity index (χ4n) is 3.71. The van der Waals surface area contributed by atoms with Crippen molar-refractivity contribution < 1.29 is 22.7 Å². The number of nitrogens with one attached hydrogen (secondary N) is 1. The maximum atomic E-state index is 13.0. The number of thiocarbonyl (C=S) groups is 1. The third-order valence-corrected chi connectivity index (χ3v) is 6.48. The molecule has 1 aliphatic heterocycles. The lowest BCUT2D eigenvalue weighted by molar-refractivity contribution is -0.142. The molecule has 1 amide bonds. The number of carbonyl (C=O) groups is 1. The van der Waals surface area contributed by atoms with E-state index >= 15 is 0 Å². The molecule has 0 radical (unpaired) electrons. The number of amides is 1. The molecule has 1 aliphatic carbocycles. The molecule has 4 atom stereocenters. The Morgan fingerprint density at radius 2 is 1.78 bits per heavy atom. The van der Waals surface area contributed by atoms with Gasteiger partial charge in [-0.1, -0.05) is 12.1 Å². The molecule has 2 aliphatic rings. The van der Waals surface area contributed by atoms with Gasteiger partial charge in [-0.05, 0) is 42.8 Å². The largest absolute Gasteiger partial charge is 0.379 e. The topological polar surface area (TPSA) is 111 Å². The first kappa shape index (κ1) is 20.2. The van der Waals surface area contributed by atoms with Crippen molar-refractivity contribution in [2.75, 3.05) is 14.2 Å². The van der Waals surface area contributed by atoms with Crippen LogP contribution in [-0.2, 0) is 30.8 Å². The zero-order valence-corrected chi connectivity index (χ0v) is 16.8. The third-order valence-electron chi connectivity index (χ3n) is 5.21. The first-order chi connectivity index (χ1) is 12.7. The molecule has 148 valence electrons. The van der Waals surface area contributed by atoms with Crippen LogP contribution in [0.4, 0.5) is 0 Å². The van der Waals surface area contributed by atoms with Gasteiger partial charge >= 0.3 is 0 Å². The Morgan fingerprint density at radius 3 is 2.33 bits per heavy atom. The van der Waals surface area contributed by atoms with Gasteiger partial charge in [0.15, 0.2) is 5.11 Å². The lowest BCUT2D eigenvalue weighted by Crippen LogP contribution is -2.63. The quantitative estimate of drug-likeness (QED) is 0.671. The summed E-state index contributed by atoms with van der Waals surface area (Å²) in [6.07, 6.45) is 0.957. The van der Waals surface area contributed by atoms with E-state index in [2.05, 4.69) is 5.32 Å². The minimum Gasteiger partial charge on any atom is -0.379 e. The first-order valence-corrected chi connectivity index (χ1v) is 10.5. The van der Waals surface area contributed by atoms with Crippen molar-refractivity contribution in [3.63, 3.8) is 0 Å². The molecule has 1 saturated carbocycles. The number of hydrogen-bond acceptors (Lipinski definition) is 6. The Bertz CT molecular complexity index is 827. The molecule has 10 heteroatoms. The lowest BCUT2D eigenvalue weighted by atomic mass is 9.79. The molecule has 1 aromatic rings. The second-order valence-corrected chi connectivity index (χ2v) is 8.74. The van der Waals surface area contributed by atoms with Gasteiger partial charge in [0.2, 0.25) is 15.9 Å². The van der Waals surface area contributed by atoms with E-state index in [1.807, 2.05) is 0 Å². The van der Waals surface area contributed by atoms with Crippen LogP contribution < -0.4 is 10.5 Å². The second kappa shape index (κ2) is 7.80. The third kappa shape index (κ3) is 4.14. The summed E-state index contributed by atoms with van der Waals surface area (Å²) in [6, 6.07) is 6.01. The Hall–Kier alpha value is -1.59. The highest BCUT2D eigenvalue weighted by Crippen LogP contribution is 2.33. The molecule has 1 aromatic carbocycles. The number of methoxy groups -OCH3 is 2. The minimum atomic E-state index is -3.75. The van der Waals surface area contributed by atoms with E-state index in [0.717, 1.165) is 5.56 Å². The van der Waals surface area contributed by atoms with Gasteiger partial charge in [-0.2, -0.15) is 0 Å². The van der Waals surface area contributed by atoms with Gasteiger partial charge in [-0.25, -0.2) is 13.6 Å². The van der Waals surface area contributed by atoms with Gasteiger partial charge < -0.3 is 14.8 Å². The fourth-order valence-corrected chi connectivity index (χ4v) is 4.54. The summed E-state index contributed by atoms with van der Waals surface area (Å²) < 4.78 is 33.7. The zero-order valence-electron chi connectivity index (χ0n) is 15.1. The number of primary sulfonamides is 1. The summed E-state index contributed by atoms with van der Waals surface area (Å²) >= 11 is 5.40. The van der Waals surface area contributed by atoms with Crippen LogP contribution in [0.25, 0.3) is 0 Å². The molecule has 27 heavy (non-hydrogen) atoms. The number of nitrogens with zero attached hydrogens (tertiary/aromatic N) is 1. The van der Waals surface area contributed by atoms with Gasteiger partial charge in [0.1, 0.15) is 0 Å². The van der Waals surface area contributed by atoms with Crippen LogP contribution in [0.3, 0.4) is 0 Å². The highest BCUT2D eigenvalue weighted by molar-refractivity contribution is 7.89. The van der Waals surface area contributed by atoms with Gasteiger partial charge in [0, 0.05) is 20.3 Å². The molecule has 0 spiro atoms. The molecule has 3 rings (SSSR count). The number of rotatable bonds is 5. The van der Waals surface area contributed by atoms with Crippen LogP contribution in [0, 0.1) is 5.92 Å². The number of sulfonamides is 1. The van der Waals surface area contributed by atoms with Gasteiger partial charge in [-0.3, -0.25) is 9.69 Å². The molecule has 0 bridgehead atoms. The molecule has 4 unspecified atom stereocenters. The van der Waals surface area contributed by atoms with Crippen molar-refractivity contribution in [1.82, 2.24) is 10.2 Å². The van der Waals surface area contributed by atoms with E-state index in [1.54, 1.807) is 26.4 Å². The molecule has 2 fully saturated rings. The average molecular weight is 414 g/mol. The highest BCUT2D eigenvalue weighted by atomic mass is 32.2. The van der Waals surface area contributed by atoms with E-state index < -0.39 is 10.0 Å². The van der Waals surface area contributed by atoms with Gasteiger partial charge in [-0.15, -0.1) is 0 Å². The molecular weight excluding hydrogens is 390 g/mol. The minimum absolute atomic E-state index is 0.0258. The van der Waals surface area contributed by atoms with Crippen molar-refractivity contribution in [2.24, 2.45) is 11.1 Å². The molecule has 1 saturated heterocycles. The number of ether oxygens (including phenoxy) is 2. The second-order valence-electron chi connectivity index (χ2n) is 6.80. The summed E-state index contributed by atoms with van der Waals surface area (Å²) in [4.78, 5) is 14.6. The van der Waals surface area contributed by atoms with Crippen LogP contribution in [0.5, 0.6) is 0 Å². The van der Waals surface area contributed by atoms with Crippen molar-refractivity contribution in [2.45, 2.75) is 42.5 Å². The molecule has 3 N–H and O–H groups in total. The molecule has 1 heterocycles. The maximum Gasteiger partial charge on any atom is 0.238 e. The fraction of sp³-hybridized carbons (Fsp3) is 0.529. The molecule has 8 nitrogen and oxygen atoms in total. The lowest BCUT2D eigenvalue weighted by Gasteiger charge is -2.45. The van der Waals surface area contributed by atoms with Crippen LogP contribution in [0.15, 0.2) is 29.2 Å². The number of nitrogens with two attached hydrogens (primary N) is 1. The maximum absolute atomic E-state index is 13.0. The average Bonchev–Trinajstić information content (AvgIpc) is 2.63. The summed E-state index contributed by atoms with van der Waals surface area (Å²) in [5, 5.41) is 8.72. The predicted molar refractivity (Wildman–Crippen MR) is 102 cm³/mol. The summed E-state index contributed by atoms with van der Waals surface area (Å²) in [5.41, 5.74) is 0.757. The Morgan fingerprint density at radius 1 is 1.19 bits per heavy atom. The van der Waals surface area contributed by atoms with E-state index in [9.17, 15) is 13.2 Å². The zero-order chi connectivity index (χ0) is 19.8. The van der Waals surface area contributed by atoms with Crippen molar-refractivity contribution in [3.8, 4) is 0 Å². The van der Waals surface area contributed by atoms with Gasteiger partial charge in [0.05, 0.1) is 29.6 Å². The monoisotopic (exact) mass is 413 g/mol. The van der Waals surface area contributed by atoms with Crippen LogP contribution in [0.1, 0.15) is 18.4 Å². The predicted octanol–water partition coefficient (Wildman–Crippen LogP) is 0.359. The van der Waals surface area contributed by atoms with Crippen molar-refractivity contribution >= 4 is 33.3 Å². The van der Waals surface area contributed by atoms with Crippen LogP contribution in [0.2, 0.25) is 0 Å². The van der Waals surface area contributed by atoms with E-state index in [1.165, 1.54) is 17.0 Å². The van der Waals surface area contributed by atoms with Crippen molar-refractivity contribution in [1.29, 1.82) is 0 Å². The summed E-state index contributed by atoms with van der Waals surface area (Å²) in [5.74, 6) is -0.312. The number of hydrogen-bond donors (Lipinski definition) is 2. The van der Waals surface area contributed by atoms with E-state index in [4.69, 9.17) is 26.8 Å². The van der Waals surface area contributed by atoms with Crippen LogP contribution in [-0.4, -0.2) is 56.8 Å². The van der Waals surface area contributed by atoms with Crippen molar-refractivity contribution in [3.05, 3.63) is 29.8 Å². The normalized spacial score (nSPS) is 28.6. The number of fused-ring (bicyclic) bond motifs is 1. The SMILES string of the molecule is COC1CC2NC(=S)N(Cc3ccc(S(N)(=O)=O)cc3)C(=O)C2CC1OC. The summed E-state index contributed by atoms with van der Waals surface area (Å²) in [7, 11) is -0.497. The molecule has 0 aromatic heterocycles. The molecular formula is C17H23N3O5S2. The summed E-state index contributed by atoms with van der Waals surface area (Å²) in [6.45, 7) is 0.254. The Kier molecular flexibility index (Phi) is 5.82. The number of benzene rings is 1. The Balaban J connectivity index is 1.76.